The maximum Gasteiger partial charge on any atom is 0.148 e. The van der Waals surface area contributed by atoms with Crippen molar-refractivity contribution >= 4 is 5.69 Å². The van der Waals surface area contributed by atoms with E-state index in [1.807, 2.05) is 13.0 Å². The van der Waals surface area contributed by atoms with Gasteiger partial charge < -0.3 is 19.7 Å². The van der Waals surface area contributed by atoms with Crippen molar-refractivity contribution in [2.75, 3.05) is 39.3 Å². The van der Waals surface area contributed by atoms with Gasteiger partial charge in [-0.2, -0.15) is 0 Å². The first-order valence-corrected chi connectivity index (χ1v) is 6.83. The number of rotatable bonds is 5. The van der Waals surface area contributed by atoms with Gasteiger partial charge in [-0.3, -0.25) is 0 Å². The molecule has 0 saturated carbocycles. The van der Waals surface area contributed by atoms with E-state index in [1.54, 1.807) is 14.2 Å². The normalized spacial score (nSPS) is 18.4. The van der Waals surface area contributed by atoms with Crippen LogP contribution in [0.2, 0.25) is 0 Å². The molecule has 0 radical (unpaired) electrons. The minimum Gasteiger partial charge on any atom is -0.496 e. The Labute approximate surface area is 115 Å². The van der Waals surface area contributed by atoms with Crippen LogP contribution in [-0.2, 0) is 0 Å². The minimum absolute atomic E-state index is 0.581. The molecule has 4 nitrogen and oxygen atoms in total. The molecule has 0 aliphatic carbocycles. The summed E-state index contributed by atoms with van der Waals surface area (Å²) in [6, 6.07) is 4.66. The number of likely N-dealkylation sites (N-methyl/N-ethyl adjacent to an activating group) is 1. The van der Waals surface area contributed by atoms with E-state index in [2.05, 4.69) is 23.3 Å². The summed E-state index contributed by atoms with van der Waals surface area (Å²) in [5.74, 6) is 1.77. The molecule has 1 fully saturated rings. The summed E-state index contributed by atoms with van der Waals surface area (Å²) in [4.78, 5) is 2.26. The third kappa shape index (κ3) is 2.95. The van der Waals surface area contributed by atoms with Crippen molar-refractivity contribution < 1.29 is 9.47 Å². The highest BCUT2D eigenvalue weighted by atomic mass is 16.5. The van der Waals surface area contributed by atoms with Gasteiger partial charge in [0.2, 0.25) is 0 Å². The molecule has 1 unspecified atom stereocenters. The fourth-order valence-corrected chi connectivity index (χ4v) is 2.78. The molecule has 19 heavy (non-hydrogen) atoms. The molecule has 1 aliphatic rings. The molecule has 0 aromatic heterocycles. The first-order chi connectivity index (χ1) is 9.17. The fourth-order valence-electron chi connectivity index (χ4n) is 2.78. The van der Waals surface area contributed by atoms with E-state index in [0.29, 0.717) is 6.04 Å². The van der Waals surface area contributed by atoms with Crippen LogP contribution in [0.15, 0.2) is 12.1 Å². The average molecular weight is 264 g/mol. The topological polar surface area (TPSA) is 33.7 Å². The van der Waals surface area contributed by atoms with E-state index >= 15 is 0 Å². The van der Waals surface area contributed by atoms with Crippen LogP contribution in [0.25, 0.3) is 0 Å². The zero-order chi connectivity index (χ0) is 13.8. The Hall–Kier alpha value is -1.42. The predicted molar refractivity (Wildman–Crippen MR) is 78.6 cm³/mol. The molecule has 1 heterocycles. The number of nitrogens with zero attached hydrogens (tertiary/aromatic N) is 1. The standard InChI is InChI=1S/C15H24N2O2/c1-11-14(18-3)8-7-13(15(11)19-4)17(2)10-12-6-5-9-16-12/h7-8,12,16H,5-6,9-10H2,1-4H3. The molecule has 1 aromatic rings. The number of nitrogens with one attached hydrogen (secondary N) is 1. The predicted octanol–water partition coefficient (Wildman–Crippen LogP) is 2.20. The van der Waals surface area contributed by atoms with Crippen LogP contribution in [0.3, 0.4) is 0 Å². The van der Waals surface area contributed by atoms with E-state index < -0.39 is 0 Å². The molecule has 0 bridgehead atoms. The Kier molecular flexibility index (Phi) is 4.53. The second-order valence-electron chi connectivity index (χ2n) is 5.12. The summed E-state index contributed by atoms with van der Waals surface area (Å²) in [7, 11) is 5.52. The summed E-state index contributed by atoms with van der Waals surface area (Å²) in [6.07, 6.45) is 2.53. The number of methoxy groups -OCH3 is 2. The lowest BCUT2D eigenvalue weighted by Crippen LogP contribution is -2.35. The van der Waals surface area contributed by atoms with Crippen LogP contribution >= 0.6 is 0 Å². The Morgan fingerprint density at radius 2 is 2.11 bits per heavy atom. The monoisotopic (exact) mass is 264 g/mol. The highest BCUT2D eigenvalue weighted by Gasteiger charge is 2.19. The molecular formula is C15H24N2O2. The molecule has 2 rings (SSSR count). The second kappa shape index (κ2) is 6.15. The van der Waals surface area contributed by atoms with Crippen LogP contribution < -0.4 is 19.7 Å². The highest BCUT2D eigenvalue weighted by molar-refractivity contribution is 5.65. The zero-order valence-electron chi connectivity index (χ0n) is 12.3. The maximum absolute atomic E-state index is 5.56. The van der Waals surface area contributed by atoms with Gasteiger partial charge in [0, 0.05) is 25.2 Å². The van der Waals surface area contributed by atoms with Gasteiger partial charge in [0.1, 0.15) is 11.5 Å². The van der Waals surface area contributed by atoms with Gasteiger partial charge in [-0.05, 0) is 38.4 Å². The largest absolute Gasteiger partial charge is 0.496 e. The number of benzene rings is 1. The van der Waals surface area contributed by atoms with Gasteiger partial charge in [-0.25, -0.2) is 0 Å². The molecule has 106 valence electrons. The summed E-state index contributed by atoms with van der Waals surface area (Å²) >= 11 is 0. The number of hydrogen-bond donors (Lipinski definition) is 1. The van der Waals surface area contributed by atoms with Crippen molar-refractivity contribution in [1.82, 2.24) is 5.32 Å². The van der Waals surface area contributed by atoms with E-state index in [4.69, 9.17) is 9.47 Å². The third-order valence-corrected chi connectivity index (χ3v) is 3.83. The quantitative estimate of drug-likeness (QED) is 0.884. The van der Waals surface area contributed by atoms with Crippen molar-refractivity contribution in [2.24, 2.45) is 0 Å². The molecule has 1 aromatic carbocycles. The van der Waals surface area contributed by atoms with Gasteiger partial charge >= 0.3 is 0 Å². The van der Waals surface area contributed by atoms with Gasteiger partial charge in [0.25, 0.3) is 0 Å². The van der Waals surface area contributed by atoms with E-state index in [1.165, 1.54) is 12.8 Å². The fraction of sp³-hybridized carbons (Fsp3) is 0.600. The average Bonchev–Trinajstić information content (AvgIpc) is 2.91. The lowest BCUT2D eigenvalue weighted by atomic mass is 10.1. The van der Waals surface area contributed by atoms with Crippen molar-refractivity contribution in [2.45, 2.75) is 25.8 Å². The minimum atomic E-state index is 0.581. The first-order valence-electron chi connectivity index (χ1n) is 6.83. The molecule has 1 N–H and O–H groups in total. The summed E-state index contributed by atoms with van der Waals surface area (Å²) in [6.45, 7) is 4.17. The lowest BCUT2D eigenvalue weighted by Gasteiger charge is -2.26. The number of ether oxygens (including phenoxy) is 2. The molecule has 4 heteroatoms. The van der Waals surface area contributed by atoms with Crippen molar-refractivity contribution in [3.63, 3.8) is 0 Å². The SMILES string of the molecule is COc1ccc(N(C)CC2CCCN2)c(OC)c1C. The zero-order valence-corrected chi connectivity index (χ0v) is 12.3. The van der Waals surface area contributed by atoms with Crippen LogP contribution in [0.1, 0.15) is 18.4 Å². The van der Waals surface area contributed by atoms with Gasteiger partial charge in [0.15, 0.2) is 0 Å². The van der Waals surface area contributed by atoms with Crippen LogP contribution in [-0.4, -0.2) is 40.4 Å². The molecule has 1 atom stereocenters. The van der Waals surface area contributed by atoms with Crippen molar-refractivity contribution in [1.29, 1.82) is 0 Å². The van der Waals surface area contributed by atoms with Crippen LogP contribution in [0.4, 0.5) is 5.69 Å². The van der Waals surface area contributed by atoms with Crippen molar-refractivity contribution in [3.05, 3.63) is 17.7 Å². The Bertz CT molecular complexity index is 428. The highest BCUT2D eigenvalue weighted by Crippen LogP contribution is 2.36. The molecule has 0 amide bonds. The number of anilines is 1. The van der Waals surface area contributed by atoms with E-state index in [-0.39, 0.29) is 0 Å². The summed E-state index contributed by atoms with van der Waals surface area (Å²) in [5.41, 5.74) is 2.17. The van der Waals surface area contributed by atoms with Crippen LogP contribution in [0.5, 0.6) is 11.5 Å². The first kappa shape index (κ1) is 14.0. The Morgan fingerprint density at radius 1 is 1.32 bits per heavy atom. The number of hydrogen-bond acceptors (Lipinski definition) is 4. The Morgan fingerprint density at radius 3 is 2.68 bits per heavy atom. The maximum atomic E-state index is 5.56. The molecule has 1 aliphatic heterocycles. The van der Waals surface area contributed by atoms with Crippen LogP contribution in [0, 0.1) is 6.92 Å². The molecule has 1 saturated heterocycles. The Balaban J connectivity index is 2.20. The van der Waals surface area contributed by atoms with Crippen molar-refractivity contribution in [3.8, 4) is 11.5 Å². The van der Waals surface area contributed by atoms with Gasteiger partial charge in [-0.15, -0.1) is 0 Å². The van der Waals surface area contributed by atoms with E-state index in [9.17, 15) is 0 Å². The third-order valence-electron chi connectivity index (χ3n) is 3.83. The molecular weight excluding hydrogens is 240 g/mol. The van der Waals surface area contributed by atoms with Gasteiger partial charge in [-0.1, -0.05) is 0 Å². The molecule has 0 spiro atoms. The van der Waals surface area contributed by atoms with E-state index in [0.717, 1.165) is 35.8 Å². The smallest absolute Gasteiger partial charge is 0.148 e. The lowest BCUT2D eigenvalue weighted by molar-refractivity contribution is 0.388. The summed E-state index contributed by atoms with van der Waals surface area (Å²) in [5, 5.41) is 3.52. The summed E-state index contributed by atoms with van der Waals surface area (Å²) < 4.78 is 10.9. The van der Waals surface area contributed by atoms with Gasteiger partial charge in [0.05, 0.1) is 19.9 Å². The second-order valence-corrected chi connectivity index (χ2v) is 5.12.